The topological polar surface area (TPSA) is 61.8 Å². The van der Waals surface area contributed by atoms with Gasteiger partial charge in [-0.1, -0.05) is 17.7 Å². The molecule has 1 aliphatic rings. The molecular weight excluding hydrogens is 372 g/mol. The van der Waals surface area contributed by atoms with Crippen molar-refractivity contribution in [3.05, 3.63) is 45.1 Å². The molecule has 1 aromatic carbocycles. The predicted octanol–water partition coefficient (Wildman–Crippen LogP) is 3.76. The Morgan fingerprint density at radius 1 is 1.50 bits per heavy atom. The van der Waals surface area contributed by atoms with Gasteiger partial charge in [-0.3, -0.25) is 9.69 Å². The van der Waals surface area contributed by atoms with Crippen LogP contribution < -0.4 is 10.1 Å². The minimum absolute atomic E-state index is 0.00318. The van der Waals surface area contributed by atoms with Gasteiger partial charge in [-0.25, -0.2) is 0 Å². The molecule has 1 saturated heterocycles. The number of halogens is 1. The maximum Gasteiger partial charge on any atom is 0.261 e. The number of rotatable bonds is 6. The highest BCUT2D eigenvalue weighted by molar-refractivity contribution is 7.12. The number of piperidine rings is 1. The van der Waals surface area contributed by atoms with Gasteiger partial charge in [0, 0.05) is 30.7 Å². The fourth-order valence-electron chi connectivity index (χ4n) is 3.30. The first-order chi connectivity index (χ1) is 12.6. The monoisotopic (exact) mass is 394 g/mol. The fourth-order valence-corrected chi connectivity index (χ4v) is 4.16. The third kappa shape index (κ3) is 4.69. The Morgan fingerprint density at radius 2 is 2.35 bits per heavy atom. The van der Waals surface area contributed by atoms with Gasteiger partial charge in [0.05, 0.1) is 12.0 Å². The highest BCUT2D eigenvalue weighted by Crippen LogP contribution is 2.33. The average Bonchev–Trinajstić information content (AvgIpc) is 3.17. The number of hydrogen-bond donors (Lipinski definition) is 2. The Hall–Kier alpha value is -1.76. The second kappa shape index (κ2) is 8.75. The Bertz CT molecular complexity index is 751. The van der Waals surface area contributed by atoms with Crippen molar-refractivity contribution in [3.63, 3.8) is 0 Å². The van der Waals surface area contributed by atoms with E-state index in [2.05, 4.69) is 10.2 Å². The smallest absolute Gasteiger partial charge is 0.261 e. The number of phenolic OH excluding ortho intramolecular Hbond substituents is 1. The van der Waals surface area contributed by atoms with Crippen LogP contribution in [0.15, 0.2) is 29.6 Å². The molecule has 0 bridgehead atoms. The summed E-state index contributed by atoms with van der Waals surface area (Å²) in [7, 11) is 1.53. The average molecular weight is 395 g/mol. The normalized spacial score (nSPS) is 17.8. The lowest BCUT2D eigenvalue weighted by molar-refractivity contribution is 0.0934. The summed E-state index contributed by atoms with van der Waals surface area (Å²) in [4.78, 5) is 15.2. The van der Waals surface area contributed by atoms with Crippen molar-refractivity contribution >= 4 is 28.8 Å². The van der Waals surface area contributed by atoms with E-state index < -0.39 is 0 Å². The summed E-state index contributed by atoms with van der Waals surface area (Å²) in [6.07, 6.45) is 2.19. The first kappa shape index (κ1) is 19.0. The van der Waals surface area contributed by atoms with E-state index in [0.29, 0.717) is 29.8 Å². The number of carbonyl (C=O) groups is 1. The van der Waals surface area contributed by atoms with Gasteiger partial charge in [0.25, 0.3) is 5.91 Å². The third-order valence-corrected chi connectivity index (χ3v) is 5.86. The zero-order chi connectivity index (χ0) is 18.5. The van der Waals surface area contributed by atoms with E-state index in [1.165, 1.54) is 24.5 Å². The number of nitrogens with zero attached hydrogens (tertiary/aromatic N) is 1. The van der Waals surface area contributed by atoms with Crippen molar-refractivity contribution < 1.29 is 14.6 Å². The molecule has 3 rings (SSSR count). The summed E-state index contributed by atoms with van der Waals surface area (Å²) in [6, 6.07) is 7.04. The van der Waals surface area contributed by atoms with Crippen molar-refractivity contribution in [2.45, 2.75) is 19.4 Å². The lowest BCUT2D eigenvalue weighted by Crippen LogP contribution is -2.40. The van der Waals surface area contributed by atoms with Gasteiger partial charge < -0.3 is 15.2 Å². The molecule has 1 amide bonds. The minimum atomic E-state index is 0.00318. The van der Waals surface area contributed by atoms with Crippen LogP contribution in [0.5, 0.6) is 11.5 Å². The van der Waals surface area contributed by atoms with Crippen molar-refractivity contribution in [3.8, 4) is 11.5 Å². The lowest BCUT2D eigenvalue weighted by atomic mass is 9.97. The molecule has 1 aromatic heterocycles. The van der Waals surface area contributed by atoms with Gasteiger partial charge in [-0.05, 0) is 48.4 Å². The van der Waals surface area contributed by atoms with Crippen LogP contribution in [0.1, 0.15) is 28.1 Å². The third-order valence-electron chi connectivity index (χ3n) is 4.64. The molecule has 1 aliphatic heterocycles. The number of ether oxygens (including phenoxy) is 1. The van der Waals surface area contributed by atoms with Crippen molar-refractivity contribution in [2.24, 2.45) is 5.92 Å². The Labute approximate surface area is 162 Å². The van der Waals surface area contributed by atoms with Crippen LogP contribution in [-0.2, 0) is 6.54 Å². The maximum absolute atomic E-state index is 12.1. The zero-order valence-electron chi connectivity index (χ0n) is 14.7. The molecule has 0 saturated carbocycles. The molecule has 0 radical (unpaired) electrons. The molecule has 1 atom stereocenters. The number of benzene rings is 1. The summed E-state index contributed by atoms with van der Waals surface area (Å²) < 4.78 is 5.18. The summed E-state index contributed by atoms with van der Waals surface area (Å²) in [6.45, 7) is 3.28. The SMILES string of the molecule is COc1cc(CN2CCCC(CNC(=O)c3cccs3)C2)c(Cl)cc1O. The van der Waals surface area contributed by atoms with Gasteiger partial charge in [0.15, 0.2) is 11.5 Å². The molecule has 2 heterocycles. The molecule has 0 spiro atoms. The van der Waals surface area contributed by atoms with Crippen LogP contribution in [0.25, 0.3) is 0 Å². The molecule has 2 N–H and O–H groups in total. The van der Waals surface area contributed by atoms with E-state index >= 15 is 0 Å². The maximum atomic E-state index is 12.1. The first-order valence-electron chi connectivity index (χ1n) is 8.66. The summed E-state index contributed by atoms with van der Waals surface area (Å²) >= 11 is 7.73. The molecule has 1 fully saturated rings. The number of thiophene rings is 1. The Balaban J connectivity index is 1.56. The first-order valence-corrected chi connectivity index (χ1v) is 9.92. The van der Waals surface area contributed by atoms with Crippen molar-refractivity contribution in [1.82, 2.24) is 10.2 Å². The highest BCUT2D eigenvalue weighted by atomic mass is 35.5. The van der Waals surface area contributed by atoms with Crippen LogP contribution in [0.3, 0.4) is 0 Å². The fraction of sp³-hybridized carbons (Fsp3) is 0.421. The van der Waals surface area contributed by atoms with E-state index in [0.717, 1.165) is 36.4 Å². The largest absolute Gasteiger partial charge is 0.504 e. The quantitative estimate of drug-likeness (QED) is 0.783. The summed E-state index contributed by atoms with van der Waals surface area (Å²) in [5, 5.41) is 15.3. The van der Waals surface area contributed by atoms with E-state index in [4.69, 9.17) is 16.3 Å². The van der Waals surface area contributed by atoms with Crippen molar-refractivity contribution in [1.29, 1.82) is 0 Å². The van der Waals surface area contributed by atoms with Crippen LogP contribution in [0, 0.1) is 5.92 Å². The molecular formula is C19H23ClN2O3S. The van der Waals surface area contributed by atoms with Gasteiger partial charge in [0.2, 0.25) is 0 Å². The van der Waals surface area contributed by atoms with Gasteiger partial charge in [-0.15, -0.1) is 11.3 Å². The van der Waals surface area contributed by atoms with Crippen LogP contribution in [-0.4, -0.2) is 42.7 Å². The van der Waals surface area contributed by atoms with E-state index in [9.17, 15) is 9.90 Å². The molecule has 5 nitrogen and oxygen atoms in total. The van der Waals surface area contributed by atoms with Gasteiger partial charge >= 0.3 is 0 Å². The minimum Gasteiger partial charge on any atom is -0.504 e. The molecule has 0 aliphatic carbocycles. The standard InChI is InChI=1S/C19H23ClN2O3S/c1-25-17-8-14(15(20)9-16(17)23)12-22-6-2-4-13(11-22)10-21-19(24)18-5-3-7-26-18/h3,5,7-9,13,23H,2,4,6,10-12H2,1H3,(H,21,24). The number of aromatic hydroxyl groups is 1. The molecule has 26 heavy (non-hydrogen) atoms. The van der Waals surface area contributed by atoms with Gasteiger partial charge in [0.1, 0.15) is 0 Å². The Kier molecular flexibility index (Phi) is 6.40. The van der Waals surface area contributed by atoms with Crippen LogP contribution in [0.2, 0.25) is 5.02 Å². The van der Waals surface area contributed by atoms with E-state index in [1.807, 2.05) is 17.5 Å². The number of nitrogens with one attached hydrogen (secondary N) is 1. The number of likely N-dealkylation sites (tertiary alicyclic amines) is 1. The second-order valence-electron chi connectivity index (χ2n) is 6.55. The second-order valence-corrected chi connectivity index (χ2v) is 7.90. The number of amides is 1. The number of hydrogen-bond acceptors (Lipinski definition) is 5. The van der Waals surface area contributed by atoms with Crippen LogP contribution >= 0.6 is 22.9 Å². The molecule has 2 aromatic rings. The van der Waals surface area contributed by atoms with Crippen LogP contribution in [0.4, 0.5) is 0 Å². The number of carbonyl (C=O) groups excluding carboxylic acids is 1. The lowest BCUT2D eigenvalue weighted by Gasteiger charge is -2.33. The van der Waals surface area contributed by atoms with Gasteiger partial charge in [-0.2, -0.15) is 0 Å². The van der Waals surface area contributed by atoms with E-state index in [-0.39, 0.29) is 11.7 Å². The Morgan fingerprint density at radius 3 is 3.08 bits per heavy atom. The number of methoxy groups -OCH3 is 1. The molecule has 7 heteroatoms. The molecule has 1 unspecified atom stereocenters. The van der Waals surface area contributed by atoms with Crippen molar-refractivity contribution in [2.75, 3.05) is 26.7 Å². The predicted molar refractivity (Wildman–Crippen MR) is 104 cm³/mol. The zero-order valence-corrected chi connectivity index (χ0v) is 16.3. The molecule has 140 valence electrons. The highest BCUT2D eigenvalue weighted by Gasteiger charge is 2.22. The summed E-state index contributed by atoms with van der Waals surface area (Å²) in [5.41, 5.74) is 0.935. The summed E-state index contributed by atoms with van der Waals surface area (Å²) in [5.74, 6) is 0.907. The number of phenols is 1. The van der Waals surface area contributed by atoms with E-state index in [1.54, 1.807) is 6.07 Å².